The summed E-state index contributed by atoms with van der Waals surface area (Å²) in [6, 6.07) is 13.3. The van der Waals surface area contributed by atoms with Crippen molar-refractivity contribution < 1.29 is 27.6 Å². The Balaban J connectivity index is 1.58. The monoisotopic (exact) mass is 451 g/mol. The van der Waals surface area contributed by atoms with E-state index >= 15 is 0 Å². The van der Waals surface area contributed by atoms with Gasteiger partial charge in [0.1, 0.15) is 5.75 Å². The van der Waals surface area contributed by atoms with Gasteiger partial charge in [0, 0.05) is 36.0 Å². The molecule has 2 N–H and O–H groups in total. The van der Waals surface area contributed by atoms with Gasteiger partial charge in [-0.05, 0) is 30.2 Å². The predicted molar refractivity (Wildman–Crippen MR) is 111 cm³/mol. The summed E-state index contributed by atoms with van der Waals surface area (Å²) in [6.45, 7) is 0.292. The zero-order chi connectivity index (χ0) is 22.2. The molecule has 0 saturated carbocycles. The van der Waals surface area contributed by atoms with Crippen molar-refractivity contribution in [3.05, 3.63) is 66.0 Å². The molecule has 6 nitrogen and oxygen atoms in total. The molecule has 0 bridgehead atoms. The summed E-state index contributed by atoms with van der Waals surface area (Å²) in [5.74, 6) is 0.315. The van der Waals surface area contributed by atoms with Crippen LogP contribution in [-0.2, 0) is 24.8 Å². The molecule has 0 amide bonds. The van der Waals surface area contributed by atoms with Crippen molar-refractivity contribution in [2.24, 2.45) is 13.0 Å². The van der Waals surface area contributed by atoms with E-state index in [4.69, 9.17) is 4.74 Å². The third kappa shape index (κ3) is 4.51. The number of para-hydroxylation sites is 1. The second-order valence-corrected chi connectivity index (χ2v) is 8.49. The lowest BCUT2D eigenvalue weighted by molar-refractivity contribution is -0.0428. The number of aliphatic hydroxyl groups is 1. The summed E-state index contributed by atoms with van der Waals surface area (Å²) >= 11 is -3.23. The van der Waals surface area contributed by atoms with Crippen LogP contribution >= 0.6 is 0 Å². The number of rotatable bonds is 5. The summed E-state index contributed by atoms with van der Waals surface area (Å²) in [4.78, 5) is 0. The summed E-state index contributed by atoms with van der Waals surface area (Å²) in [5.41, 5.74) is -2.17. The number of halogens is 3. The van der Waals surface area contributed by atoms with Gasteiger partial charge in [-0.25, -0.2) is 0 Å². The van der Waals surface area contributed by atoms with E-state index in [2.05, 4.69) is 5.10 Å². The Labute approximate surface area is 180 Å². The van der Waals surface area contributed by atoms with Crippen LogP contribution in [0.2, 0.25) is 0 Å². The summed E-state index contributed by atoms with van der Waals surface area (Å²) in [7, 11) is 1.84. The van der Waals surface area contributed by atoms with Gasteiger partial charge in [0.05, 0.1) is 18.4 Å². The van der Waals surface area contributed by atoms with Gasteiger partial charge in [-0.2, -0.15) is 9.82 Å². The average molecular weight is 451 g/mol. The number of aryl methyl sites for hydroxylation is 1. The lowest BCUT2D eigenvalue weighted by Gasteiger charge is -2.30. The first kappa shape index (κ1) is 21.5. The molecule has 1 aliphatic rings. The number of nitrogens with zero attached hydrogens (tertiary/aromatic N) is 2. The number of alkyl halides is 3. The number of nitrogens with one attached hydrogen (secondary N) is 1. The quantitative estimate of drug-likeness (QED) is 0.574. The third-order valence-corrected chi connectivity index (χ3v) is 6.10. The molecule has 1 aromatic heterocycles. The number of ether oxygens (including phenoxy) is 1. The minimum atomic E-state index is -4.88. The van der Waals surface area contributed by atoms with Gasteiger partial charge in [0.25, 0.3) is 0 Å². The predicted octanol–water partition coefficient (Wildman–Crippen LogP) is 3.97. The van der Waals surface area contributed by atoms with Gasteiger partial charge in [-0.3, -0.25) is 4.68 Å². The molecule has 0 fully saturated rings. The minimum absolute atomic E-state index is 0.0866. The molecule has 0 radical (unpaired) electrons. The van der Waals surface area contributed by atoms with Crippen molar-refractivity contribution in [3.8, 4) is 16.9 Å². The van der Waals surface area contributed by atoms with Crippen molar-refractivity contribution in [1.82, 2.24) is 9.78 Å². The zero-order valence-electron chi connectivity index (χ0n) is 16.5. The number of hydrogen-bond acceptors (Lipinski definition) is 5. The fourth-order valence-corrected chi connectivity index (χ4v) is 4.13. The van der Waals surface area contributed by atoms with Crippen LogP contribution in [-0.4, -0.2) is 31.6 Å². The largest absolute Gasteiger partial charge is 0.598 e. The maximum absolute atomic E-state index is 12.7. The van der Waals surface area contributed by atoms with E-state index < -0.39 is 23.0 Å². The Morgan fingerprint density at radius 1 is 1.26 bits per heavy atom. The zero-order valence-corrected chi connectivity index (χ0v) is 17.3. The highest BCUT2D eigenvalue weighted by Gasteiger charge is 2.46. The van der Waals surface area contributed by atoms with Crippen LogP contribution in [0.15, 0.2) is 54.7 Å². The van der Waals surface area contributed by atoms with Gasteiger partial charge in [-0.1, -0.05) is 30.3 Å². The Morgan fingerprint density at radius 3 is 2.74 bits per heavy atom. The second kappa shape index (κ2) is 8.45. The molecule has 3 unspecified atom stereocenters. The van der Waals surface area contributed by atoms with E-state index in [0.29, 0.717) is 35.5 Å². The minimum Gasteiger partial charge on any atom is -0.586 e. The van der Waals surface area contributed by atoms with Gasteiger partial charge < -0.3 is 14.4 Å². The van der Waals surface area contributed by atoms with Crippen molar-refractivity contribution in [2.45, 2.75) is 18.0 Å². The molecule has 2 heterocycles. The van der Waals surface area contributed by atoms with Gasteiger partial charge in [0.2, 0.25) is 0 Å². The van der Waals surface area contributed by atoms with E-state index in [0.717, 1.165) is 5.69 Å². The van der Waals surface area contributed by atoms with Crippen LogP contribution in [0, 0.1) is 5.92 Å². The highest BCUT2D eigenvalue weighted by atomic mass is 32.2. The molecular weight excluding hydrogens is 431 g/mol. The van der Waals surface area contributed by atoms with Crippen molar-refractivity contribution in [2.75, 3.05) is 11.3 Å². The van der Waals surface area contributed by atoms with Crippen LogP contribution in [0.25, 0.3) is 11.1 Å². The van der Waals surface area contributed by atoms with E-state index in [1.165, 1.54) is 6.07 Å². The molecule has 4 rings (SSSR count). The lowest BCUT2D eigenvalue weighted by atomic mass is 9.88. The Kier molecular flexibility index (Phi) is 5.87. The molecule has 0 spiro atoms. The van der Waals surface area contributed by atoms with Crippen molar-refractivity contribution in [3.63, 3.8) is 0 Å². The van der Waals surface area contributed by atoms with Crippen LogP contribution in [0.1, 0.15) is 17.4 Å². The molecule has 3 aromatic rings. The number of benzene rings is 2. The Hall–Kier alpha value is -2.69. The fourth-order valence-electron chi connectivity index (χ4n) is 3.64. The number of anilines is 1. The van der Waals surface area contributed by atoms with Gasteiger partial charge >= 0.3 is 5.51 Å². The second-order valence-electron chi connectivity index (χ2n) is 7.28. The van der Waals surface area contributed by atoms with E-state index in [-0.39, 0.29) is 11.6 Å². The summed E-state index contributed by atoms with van der Waals surface area (Å²) in [5, 5.41) is 15.0. The van der Waals surface area contributed by atoms with E-state index in [1.54, 1.807) is 47.3 Å². The summed E-state index contributed by atoms with van der Waals surface area (Å²) in [6.07, 6.45) is 1.54. The van der Waals surface area contributed by atoms with Crippen LogP contribution < -0.4 is 9.46 Å². The third-order valence-electron chi connectivity index (χ3n) is 5.28. The Bertz CT molecular complexity index is 1070. The van der Waals surface area contributed by atoms with Gasteiger partial charge in [0.15, 0.2) is 11.4 Å². The van der Waals surface area contributed by atoms with E-state index in [1.807, 2.05) is 17.8 Å². The molecule has 10 heteroatoms. The Morgan fingerprint density at radius 2 is 2.03 bits per heavy atom. The number of fused-ring (bicyclic) bond motifs is 1. The van der Waals surface area contributed by atoms with Gasteiger partial charge in [-0.15, -0.1) is 13.2 Å². The standard InChI is InChI=1S/C21H20F3N3O3S/c1-27-15(8-9-25-27)10-14-12-30-19-11-13(6-7-17(19)20(14)28)16-4-2-3-5-18(16)26-31(29)21(22,23)24/h2-9,11,14,20,26,28H,10,12H2,1H3. The molecule has 3 atom stereocenters. The summed E-state index contributed by atoms with van der Waals surface area (Å²) < 4.78 is 59.3. The average Bonchev–Trinajstić information content (AvgIpc) is 3.14. The molecule has 1 aliphatic heterocycles. The molecule has 0 saturated heterocycles. The first-order valence-corrected chi connectivity index (χ1v) is 10.7. The number of aromatic nitrogens is 2. The number of aliphatic hydroxyl groups excluding tert-OH is 1. The van der Waals surface area contributed by atoms with Crippen LogP contribution in [0.3, 0.4) is 0 Å². The maximum atomic E-state index is 12.7. The maximum Gasteiger partial charge on any atom is 0.598 e. The topological polar surface area (TPSA) is 82.4 Å². The lowest BCUT2D eigenvalue weighted by Crippen LogP contribution is -2.30. The smallest absolute Gasteiger partial charge is 0.586 e. The molecule has 0 aliphatic carbocycles. The molecule has 164 valence electrons. The highest BCUT2D eigenvalue weighted by molar-refractivity contribution is 7.93. The first-order chi connectivity index (χ1) is 14.7. The van der Waals surface area contributed by atoms with Crippen molar-refractivity contribution >= 4 is 17.0 Å². The normalized spacial score (nSPS) is 19.4. The van der Waals surface area contributed by atoms with E-state index in [9.17, 15) is 22.8 Å². The number of hydrogen-bond donors (Lipinski definition) is 2. The fraction of sp³-hybridized carbons (Fsp3) is 0.286. The molecular formula is C21H20F3N3O3S. The molecule has 31 heavy (non-hydrogen) atoms. The van der Waals surface area contributed by atoms with Crippen LogP contribution in [0.5, 0.6) is 5.75 Å². The van der Waals surface area contributed by atoms with Crippen LogP contribution in [0.4, 0.5) is 18.9 Å². The molecule has 2 aromatic carbocycles. The van der Waals surface area contributed by atoms with Crippen molar-refractivity contribution in [1.29, 1.82) is 0 Å². The highest BCUT2D eigenvalue weighted by Crippen LogP contribution is 2.40. The SMILES string of the molecule is Cn1nccc1CC1COc2cc(-c3ccccc3N[S+]([O-])C(F)(F)F)ccc2C1O. The first-order valence-electron chi connectivity index (χ1n) is 9.50.